The maximum Gasteiger partial charge on any atom is -0.000732 e. The smallest absolute Gasteiger partial charge is 0.000732 e. The quantitative estimate of drug-likeness (QED) is 0.552. The Kier molecular flexibility index (Phi) is 2.82. The van der Waals surface area contributed by atoms with E-state index in [0.717, 1.165) is 5.92 Å². The highest BCUT2D eigenvalue weighted by atomic mass is 31.1. The number of fused-ring (bicyclic) bond motifs is 6. The summed E-state index contributed by atoms with van der Waals surface area (Å²) < 4.78 is 0. The summed E-state index contributed by atoms with van der Waals surface area (Å²) in [4.78, 5) is 0. The van der Waals surface area contributed by atoms with Crippen LogP contribution in [0.4, 0.5) is 0 Å². The van der Waals surface area contributed by atoms with Gasteiger partial charge in [0.1, 0.15) is 0 Å². The van der Waals surface area contributed by atoms with Crippen molar-refractivity contribution in [3.63, 3.8) is 0 Å². The zero-order valence-corrected chi connectivity index (χ0v) is 8.08. The van der Waals surface area contributed by atoms with Crippen LogP contribution in [0.5, 0.6) is 0 Å². The van der Waals surface area contributed by atoms with E-state index < -0.39 is 0 Å². The zero-order valence-electron chi connectivity index (χ0n) is 7.18. The van der Waals surface area contributed by atoms with Crippen LogP contribution in [-0.4, -0.2) is 18.9 Å². The lowest BCUT2D eigenvalue weighted by Crippen LogP contribution is -2.23. The van der Waals surface area contributed by atoms with Gasteiger partial charge in [0.05, 0.1) is 0 Å². The summed E-state index contributed by atoms with van der Waals surface area (Å²) in [6, 6.07) is 0. The van der Waals surface area contributed by atoms with Crippen molar-refractivity contribution in [3.8, 4) is 0 Å². The summed E-state index contributed by atoms with van der Waals surface area (Å²) in [6.07, 6.45) is 10.5. The van der Waals surface area contributed by atoms with E-state index in [1.54, 1.807) is 0 Å². The third kappa shape index (κ3) is 2.16. The normalized spacial score (nSPS) is 39.3. The number of nitrogens with one attached hydrogen (secondary N) is 1. The minimum Gasteiger partial charge on any atom is -0.296 e. The van der Waals surface area contributed by atoms with E-state index in [1.165, 1.54) is 51.0 Å². The van der Waals surface area contributed by atoms with Crippen molar-refractivity contribution in [3.05, 3.63) is 0 Å². The standard InChI is InChI=1S/C9H18NP/c1-3-9-4-2-8-11(7-1)10-6-5-9/h9-10H,1-8H2. The Labute approximate surface area is 70.8 Å². The maximum absolute atomic E-state index is 3.72. The Balaban J connectivity index is 1.96. The molecule has 0 aliphatic carbocycles. The summed E-state index contributed by atoms with van der Waals surface area (Å²) in [5.74, 6) is 1.07. The lowest BCUT2D eigenvalue weighted by molar-refractivity contribution is 0.399. The molecule has 3 rings (SSSR count). The number of hydrogen-bond acceptors (Lipinski definition) is 1. The van der Waals surface area contributed by atoms with Gasteiger partial charge in [-0.05, 0) is 52.1 Å². The molecule has 0 radical (unpaired) electrons. The average molecular weight is 171 g/mol. The monoisotopic (exact) mass is 171 g/mol. The van der Waals surface area contributed by atoms with Gasteiger partial charge < -0.3 is 0 Å². The van der Waals surface area contributed by atoms with E-state index >= 15 is 0 Å². The summed E-state index contributed by atoms with van der Waals surface area (Å²) >= 11 is 0. The van der Waals surface area contributed by atoms with Gasteiger partial charge in [-0.25, -0.2) is 0 Å². The highest BCUT2D eigenvalue weighted by molar-refractivity contribution is 7.55. The van der Waals surface area contributed by atoms with Gasteiger partial charge in [0.2, 0.25) is 0 Å². The highest BCUT2D eigenvalue weighted by Crippen LogP contribution is 2.39. The fourth-order valence-corrected chi connectivity index (χ4v) is 4.39. The Morgan fingerprint density at radius 3 is 2.45 bits per heavy atom. The predicted octanol–water partition coefficient (Wildman–Crippen LogP) is 2.57. The molecule has 11 heavy (non-hydrogen) atoms. The molecule has 0 aromatic carbocycles. The van der Waals surface area contributed by atoms with E-state index in [9.17, 15) is 0 Å². The van der Waals surface area contributed by atoms with Gasteiger partial charge in [-0.15, -0.1) is 0 Å². The van der Waals surface area contributed by atoms with E-state index in [-0.39, 0.29) is 8.07 Å². The van der Waals surface area contributed by atoms with Gasteiger partial charge in [0.15, 0.2) is 0 Å². The third-order valence-corrected chi connectivity index (χ3v) is 5.35. The van der Waals surface area contributed by atoms with Crippen LogP contribution in [0.15, 0.2) is 0 Å². The van der Waals surface area contributed by atoms with Crippen molar-refractivity contribution >= 4 is 8.07 Å². The van der Waals surface area contributed by atoms with E-state index in [1.807, 2.05) is 0 Å². The molecule has 0 spiro atoms. The van der Waals surface area contributed by atoms with Gasteiger partial charge in [0.25, 0.3) is 0 Å². The van der Waals surface area contributed by atoms with E-state index in [2.05, 4.69) is 5.09 Å². The van der Waals surface area contributed by atoms with Crippen molar-refractivity contribution in [2.24, 2.45) is 5.92 Å². The average Bonchev–Trinajstić information content (AvgIpc) is 1.80. The van der Waals surface area contributed by atoms with E-state index in [4.69, 9.17) is 0 Å². The van der Waals surface area contributed by atoms with Crippen LogP contribution >= 0.6 is 8.07 Å². The SMILES string of the molecule is C1CC2CCCP(C1)NCC2. The largest absolute Gasteiger partial charge is 0.296 e. The summed E-state index contributed by atoms with van der Waals surface area (Å²) in [5, 5.41) is 3.72. The lowest BCUT2D eigenvalue weighted by Gasteiger charge is -2.30. The van der Waals surface area contributed by atoms with Crippen LogP contribution < -0.4 is 5.09 Å². The Hall–Kier alpha value is 0.390. The second-order valence-corrected chi connectivity index (χ2v) is 6.12. The molecule has 0 unspecified atom stereocenters. The molecular formula is C9H18NP. The molecule has 0 amide bonds. The topological polar surface area (TPSA) is 12.0 Å². The maximum atomic E-state index is 3.72. The molecule has 3 saturated heterocycles. The van der Waals surface area contributed by atoms with Crippen LogP contribution in [-0.2, 0) is 0 Å². The van der Waals surface area contributed by atoms with Crippen molar-refractivity contribution in [2.75, 3.05) is 18.9 Å². The first-order chi connectivity index (χ1) is 5.45. The Morgan fingerprint density at radius 1 is 1.00 bits per heavy atom. The molecule has 64 valence electrons. The van der Waals surface area contributed by atoms with Crippen LogP contribution in [0.25, 0.3) is 0 Å². The molecule has 0 atom stereocenters. The molecule has 3 fully saturated rings. The molecular weight excluding hydrogens is 153 g/mol. The highest BCUT2D eigenvalue weighted by Gasteiger charge is 2.19. The minimum absolute atomic E-state index is 0.272. The van der Waals surface area contributed by atoms with Crippen LogP contribution in [0, 0.1) is 5.92 Å². The first-order valence-electron chi connectivity index (χ1n) is 4.93. The number of hydrogen-bond donors (Lipinski definition) is 1. The first-order valence-corrected chi connectivity index (χ1v) is 6.65. The second kappa shape index (κ2) is 3.87. The van der Waals surface area contributed by atoms with Gasteiger partial charge in [-0.1, -0.05) is 12.8 Å². The molecule has 0 aromatic heterocycles. The molecule has 1 N–H and O–H groups in total. The van der Waals surface area contributed by atoms with Gasteiger partial charge >= 0.3 is 0 Å². The van der Waals surface area contributed by atoms with Crippen LogP contribution in [0.3, 0.4) is 0 Å². The molecule has 2 heteroatoms. The first kappa shape index (κ1) is 8.01. The third-order valence-electron chi connectivity index (χ3n) is 2.97. The van der Waals surface area contributed by atoms with Crippen LogP contribution in [0.2, 0.25) is 0 Å². The fraction of sp³-hybridized carbons (Fsp3) is 1.00. The van der Waals surface area contributed by atoms with Gasteiger partial charge in [-0.2, -0.15) is 0 Å². The molecule has 3 aliphatic heterocycles. The fourth-order valence-electron chi connectivity index (χ4n) is 2.27. The van der Waals surface area contributed by atoms with Crippen molar-refractivity contribution < 1.29 is 0 Å². The molecule has 2 bridgehead atoms. The van der Waals surface area contributed by atoms with Crippen LogP contribution in [0.1, 0.15) is 32.1 Å². The summed E-state index contributed by atoms with van der Waals surface area (Å²) in [5.41, 5.74) is 0. The predicted molar refractivity (Wildman–Crippen MR) is 51.2 cm³/mol. The minimum atomic E-state index is 0.272. The van der Waals surface area contributed by atoms with Gasteiger partial charge in [-0.3, -0.25) is 5.09 Å². The van der Waals surface area contributed by atoms with Crippen molar-refractivity contribution in [2.45, 2.75) is 32.1 Å². The van der Waals surface area contributed by atoms with Crippen molar-refractivity contribution in [1.82, 2.24) is 5.09 Å². The summed E-state index contributed by atoms with van der Waals surface area (Å²) in [7, 11) is 0.272. The van der Waals surface area contributed by atoms with E-state index in [0.29, 0.717) is 0 Å². The molecule has 1 nitrogen and oxygen atoms in total. The summed E-state index contributed by atoms with van der Waals surface area (Å²) in [6.45, 7) is 1.32. The Bertz CT molecular complexity index is 91.0. The molecule has 0 saturated carbocycles. The molecule has 0 aromatic rings. The zero-order chi connectivity index (χ0) is 7.52. The molecule has 3 aliphatic rings. The lowest BCUT2D eigenvalue weighted by atomic mass is 9.95. The van der Waals surface area contributed by atoms with Crippen molar-refractivity contribution in [1.29, 1.82) is 0 Å². The Morgan fingerprint density at radius 2 is 1.73 bits per heavy atom. The number of rotatable bonds is 0. The molecule has 3 heterocycles. The van der Waals surface area contributed by atoms with Gasteiger partial charge in [0, 0.05) is 0 Å². The second-order valence-electron chi connectivity index (χ2n) is 3.83.